The second-order valence-corrected chi connectivity index (χ2v) is 5.54. The van der Waals surface area contributed by atoms with Crippen LogP contribution in [0.25, 0.3) is 10.2 Å². The topological polar surface area (TPSA) is 63.1 Å². The van der Waals surface area contributed by atoms with Crippen LogP contribution in [-0.4, -0.2) is 21.2 Å². The maximum absolute atomic E-state index is 4.30. The Hall–Kier alpha value is -2.34. The molecule has 0 unspecified atom stereocenters. The third-order valence-electron chi connectivity index (χ3n) is 3.06. The average molecular weight is 283 g/mol. The molecule has 20 heavy (non-hydrogen) atoms. The molecule has 1 N–H and O–H groups in total. The molecule has 100 valence electrons. The van der Waals surface area contributed by atoms with Crippen LogP contribution in [-0.2, 0) is 0 Å². The smallest absolute Gasteiger partial charge is 0.158 e. The van der Waals surface area contributed by atoms with E-state index in [-0.39, 0.29) is 0 Å². The van der Waals surface area contributed by atoms with Gasteiger partial charge in [0.2, 0.25) is 0 Å². The van der Waals surface area contributed by atoms with Crippen LogP contribution in [0.3, 0.4) is 0 Å². The number of anilines is 1. The molecule has 0 aliphatic carbocycles. The molecule has 0 aromatic carbocycles. The molecular weight excluding hydrogens is 270 g/mol. The van der Waals surface area contributed by atoms with Crippen molar-refractivity contribution < 1.29 is 0 Å². The summed E-state index contributed by atoms with van der Waals surface area (Å²) < 4.78 is 0. The highest BCUT2D eigenvalue weighted by Crippen LogP contribution is 2.32. The lowest BCUT2D eigenvalue weighted by molar-refractivity contribution is 1.19. The molecule has 3 rings (SSSR count). The lowest BCUT2D eigenvalue weighted by Crippen LogP contribution is -1.95. The molecular formula is C14H13N5S. The summed E-state index contributed by atoms with van der Waals surface area (Å²) in [7, 11) is 0. The number of nitrogens with zero attached hydrogens (tertiary/aromatic N) is 4. The molecule has 0 saturated carbocycles. The van der Waals surface area contributed by atoms with Crippen molar-refractivity contribution in [2.75, 3.05) is 5.43 Å². The molecule has 3 aromatic rings. The fourth-order valence-electron chi connectivity index (χ4n) is 1.88. The molecule has 0 radical (unpaired) electrons. The molecule has 0 saturated heterocycles. The van der Waals surface area contributed by atoms with Gasteiger partial charge in [0.1, 0.15) is 11.2 Å². The second kappa shape index (κ2) is 5.34. The van der Waals surface area contributed by atoms with Crippen LogP contribution in [0.1, 0.15) is 16.0 Å². The summed E-state index contributed by atoms with van der Waals surface area (Å²) in [6.07, 6.45) is 6.76. The first-order chi connectivity index (χ1) is 9.75. The van der Waals surface area contributed by atoms with E-state index in [1.165, 1.54) is 10.4 Å². The van der Waals surface area contributed by atoms with Gasteiger partial charge in [-0.1, -0.05) is 0 Å². The van der Waals surface area contributed by atoms with Gasteiger partial charge < -0.3 is 0 Å². The Bertz CT molecular complexity index is 764. The Morgan fingerprint density at radius 2 is 2.00 bits per heavy atom. The number of pyridine rings is 1. The van der Waals surface area contributed by atoms with E-state index in [1.807, 2.05) is 12.1 Å². The minimum atomic E-state index is 0.738. The van der Waals surface area contributed by atoms with Crippen molar-refractivity contribution in [3.63, 3.8) is 0 Å². The molecule has 0 aliphatic rings. The van der Waals surface area contributed by atoms with Crippen LogP contribution in [0.15, 0.2) is 36.0 Å². The summed E-state index contributed by atoms with van der Waals surface area (Å²) in [5, 5.41) is 5.27. The van der Waals surface area contributed by atoms with Crippen molar-refractivity contribution in [3.8, 4) is 0 Å². The lowest BCUT2D eigenvalue weighted by atomic mass is 10.2. The molecule has 5 nitrogen and oxygen atoms in total. The van der Waals surface area contributed by atoms with E-state index >= 15 is 0 Å². The molecule has 0 aliphatic heterocycles. The van der Waals surface area contributed by atoms with Crippen LogP contribution < -0.4 is 5.43 Å². The highest BCUT2D eigenvalue weighted by molar-refractivity contribution is 7.18. The average Bonchev–Trinajstić information content (AvgIpc) is 2.76. The standard InChI is InChI=1S/C14H13N5S/c1-9-10(2)20-14-12(9)13(16-8-17-14)19-18-7-11-3-5-15-6-4-11/h3-8H,1-2H3,(H,16,17,19)/b18-7+. The van der Waals surface area contributed by atoms with Crippen molar-refractivity contribution in [3.05, 3.63) is 46.9 Å². The number of fused-ring (bicyclic) bond motifs is 1. The third kappa shape index (κ3) is 2.37. The first kappa shape index (κ1) is 12.7. The minimum Gasteiger partial charge on any atom is -0.265 e. The van der Waals surface area contributed by atoms with Crippen LogP contribution in [0.2, 0.25) is 0 Å². The van der Waals surface area contributed by atoms with Gasteiger partial charge in [-0.3, -0.25) is 10.4 Å². The van der Waals surface area contributed by atoms with Gasteiger partial charge in [0, 0.05) is 17.3 Å². The van der Waals surface area contributed by atoms with E-state index in [0.717, 1.165) is 21.6 Å². The van der Waals surface area contributed by atoms with Crippen molar-refractivity contribution >= 4 is 33.6 Å². The first-order valence-corrected chi connectivity index (χ1v) is 6.97. The summed E-state index contributed by atoms with van der Waals surface area (Å²) in [6.45, 7) is 4.17. The van der Waals surface area contributed by atoms with Gasteiger partial charge in [-0.15, -0.1) is 11.3 Å². The molecule has 0 fully saturated rings. The number of thiophene rings is 1. The highest BCUT2D eigenvalue weighted by atomic mass is 32.1. The van der Waals surface area contributed by atoms with Gasteiger partial charge >= 0.3 is 0 Å². The van der Waals surface area contributed by atoms with Gasteiger partial charge in [-0.05, 0) is 37.1 Å². The molecule has 0 spiro atoms. The number of aryl methyl sites for hydroxylation is 2. The molecule has 0 bridgehead atoms. The number of rotatable bonds is 3. The van der Waals surface area contributed by atoms with Gasteiger partial charge in [0.05, 0.1) is 11.6 Å². The number of aromatic nitrogens is 3. The predicted molar refractivity (Wildman–Crippen MR) is 82.3 cm³/mol. The summed E-state index contributed by atoms with van der Waals surface area (Å²) in [6, 6.07) is 3.78. The lowest BCUT2D eigenvalue weighted by Gasteiger charge is -2.01. The monoisotopic (exact) mass is 283 g/mol. The molecule has 0 amide bonds. The zero-order valence-electron chi connectivity index (χ0n) is 11.2. The Morgan fingerprint density at radius 3 is 2.80 bits per heavy atom. The normalized spacial score (nSPS) is 11.3. The highest BCUT2D eigenvalue weighted by Gasteiger charge is 2.10. The zero-order valence-corrected chi connectivity index (χ0v) is 12.0. The SMILES string of the molecule is Cc1sc2ncnc(N/N=C/c3ccncc3)c2c1C. The Kier molecular flexibility index (Phi) is 3.39. The molecule has 6 heteroatoms. The summed E-state index contributed by atoms with van der Waals surface area (Å²) in [5.74, 6) is 0.738. The van der Waals surface area contributed by atoms with Gasteiger partial charge in [0.25, 0.3) is 0 Å². The van der Waals surface area contributed by atoms with E-state index < -0.39 is 0 Å². The predicted octanol–water partition coefficient (Wildman–Crippen LogP) is 3.15. The Balaban J connectivity index is 1.90. The van der Waals surface area contributed by atoms with Gasteiger partial charge in [-0.25, -0.2) is 9.97 Å². The van der Waals surface area contributed by atoms with Crippen molar-refractivity contribution in [1.29, 1.82) is 0 Å². The Morgan fingerprint density at radius 1 is 1.20 bits per heavy atom. The molecule has 3 aromatic heterocycles. The van der Waals surface area contributed by atoms with Gasteiger partial charge in [-0.2, -0.15) is 5.10 Å². The van der Waals surface area contributed by atoms with Crippen molar-refractivity contribution in [1.82, 2.24) is 15.0 Å². The van der Waals surface area contributed by atoms with Crippen molar-refractivity contribution in [2.45, 2.75) is 13.8 Å². The molecule has 0 atom stereocenters. The van der Waals surface area contributed by atoms with Crippen LogP contribution in [0.5, 0.6) is 0 Å². The second-order valence-electron chi connectivity index (χ2n) is 4.34. The van der Waals surface area contributed by atoms with E-state index in [9.17, 15) is 0 Å². The third-order valence-corrected chi connectivity index (χ3v) is 4.17. The first-order valence-electron chi connectivity index (χ1n) is 6.15. The van der Waals surface area contributed by atoms with Crippen LogP contribution in [0, 0.1) is 13.8 Å². The summed E-state index contributed by atoms with van der Waals surface area (Å²) in [4.78, 5) is 14.8. The summed E-state index contributed by atoms with van der Waals surface area (Å²) in [5.41, 5.74) is 5.18. The van der Waals surface area contributed by atoms with Crippen LogP contribution in [0.4, 0.5) is 5.82 Å². The number of hydrogen-bond donors (Lipinski definition) is 1. The molecule has 3 heterocycles. The van der Waals surface area contributed by atoms with E-state index in [0.29, 0.717) is 0 Å². The maximum Gasteiger partial charge on any atom is 0.158 e. The largest absolute Gasteiger partial charge is 0.265 e. The summed E-state index contributed by atoms with van der Waals surface area (Å²) >= 11 is 1.67. The van der Waals surface area contributed by atoms with Gasteiger partial charge in [0.15, 0.2) is 5.82 Å². The van der Waals surface area contributed by atoms with E-state index in [2.05, 4.69) is 39.3 Å². The number of nitrogens with one attached hydrogen (secondary N) is 1. The fraction of sp³-hybridized carbons (Fsp3) is 0.143. The van der Waals surface area contributed by atoms with Crippen LogP contribution >= 0.6 is 11.3 Å². The fourth-order valence-corrected chi connectivity index (χ4v) is 2.88. The van der Waals surface area contributed by atoms with E-state index in [4.69, 9.17) is 0 Å². The van der Waals surface area contributed by atoms with Crippen molar-refractivity contribution in [2.24, 2.45) is 5.10 Å². The zero-order chi connectivity index (χ0) is 13.9. The number of hydrogen-bond acceptors (Lipinski definition) is 6. The minimum absolute atomic E-state index is 0.738. The maximum atomic E-state index is 4.30. The van der Waals surface area contributed by atoms with E-state index in [1.54, 1.807) is 36.3 Å². The Labute approximate surface area is 120 Å². The number of hydrazone groups is 1. The quantitative estimate of drug-likeness (QED) is 0.592.